The number of methoxy groups -OCH3 is 1. The van der Waals surface area contributed by atoms with E-state index in [1.165, 1.54) is 11.0 Å². The molecule has 1 aromatic carbocycles. The van der Waals surface area contributed by atoms with Gasteiger partial charge >= 0.3 is 0 Å². The number of ether oxygens (including phenoxy) is 2. The predicted octanol–water partition coefficient (Wildman–Crippen LogP) is 3.26. The lowest BCUT2D eigenvalue weighted by atomic mass is 9.89. The van der Waals surface area contributed by atoms with Crippen LogP contribution in [0.25, 0.3) is 0 Å². The summed E-state index contributed by atoms with van der Waals surface area (Å²) in [5.41, 5.74) is -0.978. The Bertz CT molecular complexity index is 1020. The van der Waals surface area contributed by atoms with Gasteiger partial charge < -0.3 is 20.1 Å². The third-order valence-corrected chi connectivity index (χ3v) is 6.98. The van der Waals surface area contributed by atoms with Crippen LogP contribution in [-0.4, -0.2) is 53.6 Å². The summed E-state index contributed by atoms with van der Waals surface area (Å²) in [5, 5.41) is 14.5. The normalized spacial score (nSPS) is 27.4. The molecule has 1 aromatic rings. The molecule has 1 saturated heterocycles. The number of hydrogen-bond acceptors (Lipinski definition) is 5. The fraction of sp³-hybridized carbons (Fsp3) is 0.640. The highest BCUT2D eigenvalue weighted by atomic mass is 19.1. The lowest BCUT2D eigenvalue weighted by Gasteiger charge is -2.42. The average Bonchev–Trinajstić information content (AvgIpc) is 3.50. The van der Waals surface area contributed by atoms with E-state index < -0.39 is 28.8 Å². The summed E-state index contributed by atoms with van der Waals surface area (Å²) in [4.78, 5) is 27.7. The molecule has 4 rings (SSSR count). The molecule has 0 radical (unpaired) electrons. The highest BCUT2D eigenvalue weighted by molar-refractivity contribution is 5.99. The van der Waals surface area contributed by atoms with Crippen molar-refractivity contribution in [2.75, 3.05) is 13.7 Å². The van der Waals surface area contributed by atoms with Crippen LogP contribution in [0.5, 0.6) is 5.75 Å². The standard InChI is InChI=1S/C25H34F2N4O4/c1-24(2)12-20(32)31(23(28)30-24)19(6-7-34-5)14-10-15(14)22(33)29-18-11-25(3,4)35-21-16(18)8-13(26)9-17(21)27/h8-9,14-15,18-19H,6-7,10-12H2,1-5H3,(H2,28,30)(H,29,33)/t14?,15-,18+,19-/m1/s1. The van der Waals surface area contributed by atoms with Crippen LogP contribution in [0, 0.1) is 28.9 Å². The molecule has 2 heterocycles. The molecule has 4 atom stereocenters. The molecule has 2 aliphatic heterocycles. The van der Waals surface area contributed by atoms with Crippen molar-refractivity contribution < 1.29 is 27.8 Å². The van der Waals surface area contributed by atoms with E-state index in [1.54, 1.807) is 21.0 Å². The first-order chi connectivity index (χ1) is 16.3. The highest BCUT2D eigenvalue weighted by Crippen LogP contribution is 2.47. The molecule has 192 valence electrons. The second-order valence-corrected chi connectivity index (χ2v) is 11.1. The SMILES string of the molecule is COCC[C@H](C1C[C@H]1C(=O)N[C@H]1CC(C)(C)Oc2c(F)cc(F)cc21)N1C(=N)NC(C)(C)CC1=O. The Balaban J connectivity index is 1.51. The van der Waals surface area contributed by atoms with Gasteiger partial charge in [-0.1, -0.05) is 0 Å². The van der Waals surface area contributed by atoms with E-state index in [-0.39, 0.29) is 53.4 Å². The van der Waals surface area contributed by atoms with Gasteiger partial charge in [0.25, 0.3) is 0 Å². The molecule has 3 aliphatic rings. The van der Waals surface area contributed by atoms with E-state index in [0.717, 1.165) is 6.07 Å². The van der Waals surface area contributed by atoms with E-state index >= 15 is 0 Å². The van der Waals surface area contributed by atoms with E-state index in [1.807, 2.05) is 13.8 Å². The second kappa shape index (κ2) is 9.04. The van der Waals surface area contributed by atoms with Crippen molar-refractivity contribution in [2.45, 2.75) is 76.6 Å². The molecule has 1 unspecified atom stereocenters. The molecule has 0 spiro atoms. The fourth-order valence-corrected chi connectivity index (χ4v) is 5.35. The molecule has 35 heavy (non-hydrogen) atoms. The van der Waals surface area contributed by atoms with Crippen molar-refractivity contribution in [3.05, 3.63) is 29.3 Å². The number of fused-ring (bicyclic) bond motifs is 1. The molecular formula is C25H34F2N4O4. The summed E-state index contributed by atoms with van der Waals surface area (Å²) in [5.74, 6) is -2.45. The highest BCUT2D eigenvalue weighted by Gasteiger charge is 2.53. The van der Waals surface area contributed by atoms with Gasteiger partial charge in [0, 0.05) is 55.7 Å². The third-order valence-electron chi connectivity index (χ3n) is 6.98. The molecule has 0 aromatic heterocycles. The van der Waals surface area contributed by atoms with Crippen molar-refractivity contribution in [2.24, 2.45) is 11.8 Å². The molecule has 10 heteroatoms. The maximum absolute atomic E-state index is 14.4. The van der Waals surface area contributed by atoms with Crippen LogP contribution in [0.4, 0.5) is 8.78 Å². The molecule has 1 aliphatic carbocycles. The van der Waals surface area contributed by atoms with Gasteiger partial charge in [-0.05, 0) is 52.5 Å². The van der Waals surface area contributed by atoms with Crippen molar-refractivity contribution in [3.8, 4) is 5.75 Å². The van der Waals surface area contributed by atoms with Gasteiger partial charge in [0.05, 0.1) is 6.04 Å². The van der Waals surface area contributed by atoms with Gasteiger partial charge in [-0.3, -0.25) is 19.9 Å². The molecule has 3 N–H and O–H groups in total. The number of amides is 2. The maximum atomic E-state index is 14.4. The van der Waals surface area contributed by atoms with Crippen molar-refractivity contribution in [1.82, 2.24) is 15.5 Å². The van der Waals surface area contributed by atoms with E-state index in [0.29, 0.717) is 25.9 Å². The first kappa shape index (κ1) is 25.3. The van der Waals surface area contributed by atoms with Crippen molar-refractivity contribution >= 4 is 17.8 Å². The summed E-state index contributed by atoms with van der Waals surface area (Å²) in [6.45, 7) is 7.71. The van der Waals surface area contributed by atoms with Crippen LogP contribution >= 0.6 is 0 Å². The fourth-order valence-electron chi connectivity index (χ4n) is 5.35. The van der Waals surface area contributed by atoms with Gasteiger partial charge in [-0.2, -0.15) is 0 Å². The van der Waals surface area contributed by atoms with E-state index in [4.69, 9.17) is 14.9 Å². The Hall–Kier alpha value is -2.75. The average molecular weight is 493 g/mol. The zero-order valence-electron chi connectivity index (χ0n) is 20.8. The van der Waals surface area contributed by atoms with Gasteiger partial charge in [-0.15, -0.1) is 0 Å². The van der Waals surface area contributed by atoms with Crippen LogP contribution in [0.1, 0.15) is 65.0 Å². The van der Waals surface area contributed by atoms with Crippen molar-refractivity contribution in [1.29, 1.82) is 5.41 Å². The summed E-state index contributed by atoms with van der Waals surface area (Å²) >= 11 is 0. The number of benzene rings is 1. The molecule has 1 saturated carbocycles. The van der Waals surface area contributed by atoms with Crippen molar-refractivity contribution in [3.63, 3.8) is 0 Å². The van der Waals surface area contributed by atoms with Gasteiger partial charge in [-0.25, -0.2) is 8.78 Å². The monoisotopic (exact) mass is 492 g/mol. The smallest absolute Gasteiger partial charge is 0.231 e. The number of carbonyl (C=O) groups excluding carboxylic acids is 2. The predicted molar refractivity (Wildman–Crippen MR) is 125 cm³/mol. The van der Waals surface area contributed by atoms with E-state index in [9.17, 15) is 18.4 Å². The van der Waals surface area contributed by atoms with Crippen LogP contribution in [-0.2, 0) is 14.3 Å². The van der Waals surface area contributed by atoms with Crippen LogP contribution < -0.4 is 15.4 Å². The van der Waals surface area contributed by atoms with Gasteiger partial charge in [0.2, 0.25) is 11.8 Å². The number of halogens is 2. The zero-order chi connectivity index (χ0) is 25.7. The summed E-state index contributed by atoms with van der Waals surface area (Å²) < 4.78 is 39.4. The summed E-state index contributed by atoms with van der Waals surface area (Å²) in [6.07, 6.45) is 1.64. The van der Waals surface area contributed by atoms with E-state index in [2.05, 4.69) is 10.6 Å². The first-order valence-corrected chi connectivity index (χ1v) is 12.0. The minimum atomic E-state index is -0.798. The number of hydrogen-bond donors (Lipinski definition) is 3. The number of guanidine groups is 1. The maximum Gasteiger partial charge on any atom is 0.231 e. The van der Waals surface area contributed by atoms with Gasteiger partial charge in [0.15, 0.2) is 17.5 Å². The second-order valence-electron chi connectivity index (χ2n) is 11.1. The Kier molecular flexibility index (Phi) is 6.54. The van der Waals surface area contributed by atoms with Crippen LogP contribution in [0.2, 0.25) is 0 Å². The Labute approximate surface area is 204 Å². The number of nitrogens with zero attached hydrogens (tertiary/aromatic N) is 1. The van der Waals surface area contributed by atoms with Crippen LogP contribution in [0.15, 0.2) is 12.1 Å². The lowest BCUT2D eigenvalue weighted by Crippen LogP contribution is -2.63. The number of carbonyl (C=O) groups is 2. The quantitative estimate of drug-likeness (QED) is 0.542. The molecular weight excluding hydrogens is 458 g/mol. The molecule has 0 bridgehead atoms. The topological polar surface area (TPSA) is 104 Å². The Morgan fingerprint density at radius 1 is 1.34 bits per heavy atom. The molecule has 2 amide bonds. The summed E-state index contributed by atoms with van der Waals surface area (Å²) in [7, 11) is 1.57. The summed E-state index contributed by atoms with van der Waals surface area (Å²) in [6, 6.07) is 1.01. The van der Waals surface area contributed by atoms with Crippen LogP contribution in [0.3, 0.4) is 0 Å². The number of nitrogens with one attached hydrogen (secondary N) is 3. The number of rotatable bonds is 7. The Morgan fingerprint density at radius 3 is 2.71 bits per heavy atom. The minimum absolute atomic E-state index is 0.0319. The zero-order valence-corrected chi connectivity index (χ0v) is 20.8. The molecule has 8 nitrogen and oxygen atoms in total. The largest absolute Gasteiger partial charge is 0.484 e. The molecule has 2 fully saturated rings. The Morgan fingerprint density at radius 2 is 2.06 bits per heavy atom. The lowest BCUT2D eigenvalue weighted by molar-refractivity contribution is -0.133. The first-order valence-electron chi connectivity index (χ1n) is 12.0. The minimum Gasteiger partial charge on any atom is -0.484 e. The van der Waals surface area contributed by atoms with Gasteiger partial charge in [0.1, 0.15) is 11.4 Å². The third kappa shape index (κ3) is 5.27.